The van der Waals surface area contributed by atoms with E-state index in [1.54, 1.807) is 25.1 Å². The predicted molar refractivity (Wildman–Crippen MR) is 114 cm³/mol. The minimum atomic E-state index is -0.656. The van der Waals surface area contributed by atoms with E-state index < -0.39 is 6.10 Å². The monoisotopic (exact) mass is 471 g/mol. The number of thiazole rings is 1. The van der Waals surface area contributed by atoms with Crippen molar-refractivity contribution < 1.29 is 9.53 Å². The van der Waals surface area contributed by atoms with Gasteiger partial charge in [-0.05, 0) is 67.4 Å². The van der Waals surface area contributed by atoms with Gasteiger partial charge in [-0.3, -0.25) is 15.0 Å². The number of carbonyl (C=O) groups excluding carboxylic acids is 1. The molecule has 1 fully saturated rings. The second kappa shape index (κ2) is 9.37. The van der Waals surface area contributed by atoms with Gasteiger partial charge in [0.25, 0.3) is 5.91 Å². The zero-order chi connectivity index (χ0) is 19.4. The minimum absolute atomic E-state index is 0.232. The van der Waals surface area contributed by atoms with Crippen LogP contribution in [0, 0.1) is 0 Å². The molecule has 0 spiro atoms. The number of rotatable bonds is 6. The number of aromatic nitrogens is 1. The molecule has 1 amide bonds. The molecule has 2 aromatic rings. The summed E-state index contributed by atoms with van der Waals surface area (Å²) in [4.78, 5) is 20.4. The quantitative estimate of drug-likeness (QED) is 0.616. The first kappa shape index (κ1) is 20.6. The number of likely N-dealkylation sites (tertiary alicyclic amines) is 1. The molecule has 2 atom stereocenters. The van der Waals surface area contributed by atoms with Crippen molar-refractivity contribution in [1.82, 2.24) is 9.88 Å². The Hall–Kier alpha value is -1.15. The molecule has 3 rings (SSSR count). The molecule has 146 valence electrons. The molecule has 2 heterocycles. The lowest BCUT2D eigenvalue weighted by atomic mass is 10.0. The third-order valence-electron chi connectivity index (χ3n) is 4.65. The number of anilines is 1. The van der Waals surface area contributed by atoms with Gasteiger partial charge in [-0.2, -0.15) is 0 Å². The Balaban J connectivity index is 1.55. The second-order valence-corrected chi connectivity index (χ2v) is 9.18. The van der Waals surface area contributed by atoms with Crippen LogP contribution in [0.4, 0.5) is 5.13 Å². The zero-order valence-electron chi connectivity index (χ0n) is 15.4. The SMILES string of the molecule is CC(Oc1ccc(Cl)cc1Br)C(=O)Nc1ncc(CN2CCCCC2C)s1. The molecular weight excluding hydrogens is 450 g/mol. The molecule has 5 nitrogen and oxygen atoms in total. The van der Waals surface area contributed by atoms with Crippen molar-refractivity contribution in [2.24, 2.45) is 0 Å². The van der Waals surface area contributed by atoms with Crippen molar-refractivity contribution >= 4 is 49.9 Å². The third kappa shape index (κ3) is 5.67. The van der Waals surface area contributed by atoms with Crippen LogP contribution in [-0.2, 0) is 11.3 Å². The Morgan fingerprint density at radius 1 is 1.52 bits per heavy atom. The van der Waals surface area contributed by atoms with Crippen molar-refractivity contribution in [2.45, 2.75) is 51.8 Å². The van der Waals surface area contributed by atoms with E-state index in [0.717, 1.165) is 18.0 Å². The van der Waals surface area contributed by atoms with Gasteiger partial charge in [0.1, 0.15) is 5.75 Å². The van der Waals surface area contributed by atoms with Crippen LogP contribution in [0.15, 0.2) is 28.9 Å². The molecule has 2 unspecified atom stereocenters. The van der Waals surface area contributed by atoms with Gasteiger partial charge in [0.05, 0.1) is 4.47 Å². The average Bonchev–Trinajstić information content (AvgIpc) is 3.06. The molecule has 0 aliphatic carbocycles. The molecule has 1 saturated heterocycles. The van der Waals surface area contributed by atoms with Gasteiger partial charge in [-0.15, -0.1) is 11.3 Å². The number of nitrogens with zero attached hydrogens (tertiary/aromatic N) is 2. The van der Waals surface area contributed by atoms with E-state index in [0.29, 0.717) is 26.4 Å². The Labute approximate surface area is 177 Å². The number of benzene rings is 1. The molecule has 0 radical (unpaired) electrons. The Morgan fingerprint density at radius 2 is 2.33 bits per heavy atom. The molecule has 1 aromatic carbocycles. The number of piperidine rings is 1. The highest BCUT2D eigenvalue weighted by Crippen LogP contribution is 2.29. The van der Waals surface area contributed by atoms with Crippen LogP contribution in [0.1, 0.15) is 38.0 Å². The number of halogens is 2. The van der Waals surface area contributed by atoms with Gasteiger partial charge in [0.15, 0.2) is 11.2 Å². The molecular formula is C19H23BrClN3O2S. The number of hydrogen-bond acceptors (Lipinski definition) is 5. The summed E-state index contributed by atoms with van der Waals surface area (Å²) in [7, 11) is 0. The van der Waals surface area contributed by atoms with Crippen LogP contribution in [0.5, 0.6) is 5.75 Å². The fourth-order valence-corrected chi connectivity index (χ4v) is 4.67. The fraction of sp³-hybridized carbons (Fsp3) is 0.474. The largest absolute Gasteiger partial charge is 0.480 e. The third-order valence-corrected chi connectivity index (χ3v) is 6.40. The highest BCUT2D eigenvalue weighted by atomic mass is 79.9. The maximum atomic E-state index is 12.4. The predicted octanol–water partition coefficient (Wildman–Crippen LogP) is 5.34. The van der Waals surface area contributed by atoms with Gasteiger partial charge in [-0.25, -0.2) is 4.98 Å². The summed E-state index contributed by atoms with van der Waals surface area (Å²) in [6.07, 6.45) is 5.00. The van der Waals surface area contributed by atoms with Gasteiger partial charge in [0.2, 0.25) is 0 Å². The van der Waals surface area contributed by atoms with Crippen molar-refractivity contribution in [2.75, 3.05) is 11.9 Å². The van der Waals surface area contributed by atoms with Crippen molar-refractivity contribution in [1.29, 1.82) is 0 Å². The summed E-state index contributed by atoms with van der Waals surface area (Å²) in [5, 5.41) is 4.05. The number of nitrogens with one attached hydrogen (secondary N) is 1. The van der Waals surface area contributed by atoms with E-state index in [1.165, 1.54) is 30.6 Å². The van der Waals surface area contributed by atoms with Gasteiger partial charge in [0, 0.05) is 28.7 Å². The topological polar surface area (TPSA) is 54.5 Å². The van der Waals surface area contributed by atoms with E-state index in [9.17, 15) is 4.79 Å². The van der Waals surface area contributed by atoms with E-state index >= 15 is 0 Å². The fourth-order valence-electron chi connectivity index (χ4n) is 3.05. The first-order valence-electron chi connectivity index (χ1n) is 9.03. The molecule has 1 aromatic heterocycles. The Kier molecular flexibility index (Phi) is 7.14. The maximum absolute atomic E-state index is 12.4. The van der Waals surface area contributed by atoms with Crippen LogP contribution in [0.25, 0.3) is 0 Å². The number of ether oxygens (including phenoxy) is 1. The molecule has 1 aliphatic heterocycles. The first-order chi connectivity index (χ1) is 12.9. The summed E-state index contributed by atoms with van der Waals surface area (Å²) in [5.41, 5.74) is 0. The van der Waals surface area contributed by atoms with Crippen LogP contribution < -0.4 is 10.1 Å². The van der Waals surface area contributed by atoms with Crippen LogP contribution in [-0.4, -0.2) is 34.5 Å². The molecule has 0 saturated carbocycles. The standard InChI is InChI=1S/C19H23BrClN3O2S/c1-12-5-3-4-8-24(12)11-15-10-22-19(27-15)23-18(25)13(2)26-17-7-6-14(21)9-16(17)20/h6-7,9-10,12-13H,3-5,8,11H2,1-2H3,(H,22,23,25). The summed E-state index contributed by atoms with van der Waals surface area (Å²) < 4.78 is 6.44. The van der Waals surface area contributed by atoms with E-state index in [1.807, 2.05) is 6.20 Å². The smallest absolute Gasteiger partial charge is 0.266 e. The van der Waals surface area contributed by atoms with Crippen molar-refractivity contribution in [3.8, 4) is 5.75 Å². The van der Waals surface area contributed by atoms with E-state index in [-0.39, 0.29) is 5.91 Å². The number of amides is 1. The molecule has 0 bridgehead atoms. The molecule has 8 heteroatoms. The molecule has 1 aliphatic rings. The zero-order valence-corrected chi connectivity index (χ0v) is 18.5. The van der Waals surface area contributed by atoms with Gasteiger partial charge in [-0.1, -0.05) is 18.0 Å². The Morgan fingerprint density at radius 3 is 3.07 bits per heavy atom. The lowest BCUT2D eigenvalue weighted by molar-refractivity contribution is -0.122. The summed E-state index contributed by atoms with van der Waals surface area (Å²) in [5.74, 6) is 0.338. The van der Waals surface area contributed by atoms with Crippen LogP contribution in [0.3, 0.4) is 0 Å². The maximum Gasteiger partial charge on any atom is 0.266 e. The highest BCUT2D eigenvalue weighted by molar-refractivity contribution is 9.10. The highest BCUT2D eigenvalue weighted by Gasteiger charge is 2.21. The number of carbonyl (C=O) groups is 1. The second-order valence-electron chi connectivity index (χ2n) is 6.77. The minimum Gasteiger partial charge on any atom is -0.480 e. The first-order valence-corrected chi connectivity index (χ1v) is 11.0. The van der Waals surface area contributed by atoms with Crippen LogP contribution >= 0.6 is 38.9 Å². The van der Waals surface area contributed by atoms with Crippen molar-refractivity contribution in [3.63, 3.8) is 0 Å². The summed E-state index contributed by atoms with van der Waals surface area (Å²) in [6, 6.07) is 5.79. The Bertz CT molecular complexity index is 801. The summed E-state index contributed by atoms with van der Waals surface area (Å²) >= 11 is 10.8. The van der Waals surface area contributed by atoms with Crippen molar-refractivity contribution in [3.05, 3.63) is 38.8 Å². The average molecular weight is 473 g/mol. The number of hydrogen-bond donors (Lipinski definition) is 1. The van der Waals surface area contributed by atoms with E-state index in [4.69, 9.17) is 16.3 Å². The molecule has 27 heavy (non-hydrogen) atoms. The van der Waals surface area contributed by atoms with Crippen LogP contribution in [0.2, 0.25) is 5.02 Å². The lowest BCUT2D eigenvalue weighted by Gasteiger charge is -2.32. The van der Waals surface area contributed by atoms with Gasteiger partial charge >= 0.3 is 0 Å². The van der Waals surface area contributed by atoms with Gasteiger partial charge < -0.3 is 4.74 Å². The lowest BCUT2D eigenvalue weighted by Crippen LogP contribution is -2.36. The normalized spacial score (nSPS) is 18.9. The molecule has 1 N–H and O–H groups in total. The summed E-state index contributed by atoms with van der Waals surface area (Å²) in [6.45, 7) is 6.00. The van der Waals surface area contributed by atoms with E-state index in [2.05, 4.69) is 38.1 Å².